The highest BCUT2D eigenvalue weighted by Crippen LogP contribution is 2.40. The van der Waals surface area contributed by atoms with Gasteiger partial charge in [-0.3, -0.25) is 0 Å². The van der Waals surface area contributed by atoms with E-state index in [-0.39, 0.29) is 18.5 Å². The number of fused-ring (bicyclic) bond motifs is 2. The topological polar surface area (TPSA) is 97.4 Å². The molecule has 0 amide bonds. The molecule has 0 fully saturated rings. The van der Waals surface area contributed by atoms with Crippen LogP contribution >= 0.6 is 27.5 Å². The molecule has 7 nitrogen and oxygen atoms in total. The lowest BCUT2D eigenvalue weighted by molar-refractivity contribution is 0.270. The quantitative estimate of drug-likeness (QED) is 0.587. The first-order chi connectivity index (χ1) is 11.6. The average Bonchev–Trinajstić information content (AvgIpc) is 3.12. The van der Waals surface area contributed by atoms with Crippen LogP contribution in [0.25, 0.3) is 0 Å². The Morgan fingerprint density at radius 1 is 1.42 bits per heavy atom. The van der Waals surface area contributed by atoms with Crippen molar-refractivity contribution in [1.82, 2.24) is 15.0 Å². The summed E-state index contributed by atoms with van der Waals surface area (Å²) in [4.78, 5) is 14.9. The second-order valence-electron chi connectivity index (χ2n) is 5.85. The molecular formula is C15H15BrClN5O2. The second kappa shape index (κ2) is 6.02. The Hall–Kier alpha value is -1.64. The van der Waals surface area contributed by atoms with Gasteiger partial charge in [0.25, 0.3) is 0 Å². The van der Waals surface area contributed by atoms with Crippen molar-refractivity contribution in [3.8, 4) is 5.75 Å². The smallest absolute Gasteiger partial charge is 0.223 e. The zero-order valence-electron chi connectivity index (χ0n) is 12.7. The van der Waals surface area contributed by atoms with Crippen molar-refractivity contribution in [1.29, 1.82) is 0 Å². The van der Waals surface area contributed by atoms with Crippen LogP contribution < -0.4 is 15.4 Å². The zero-order chi connectivity index (χ0) is 16.8. The van der Waals surface area contributed by atoms with Gasteiger partial charge in [0.15, 0.2) is 0 Å². The molecule has 0 spiro atoms. The number of aliphatic hydroxyl groups is 1. The van der Waals surface area contributed by atoms with Gasteiger partial charge in [-0.25, -0.2) is 9.97 Å². The lowest BCUT2D eigenvalue weighted by Gasteiger charge is -2.20. The number of nitrogens with zero attached hydrogens (tertiary/aromatic N) is 4. The Morgan fingerprint density at radius 2 is 2.25 bits per heavy atom. The number of ether oxygens (including phenoxy) is 1. The maximum atomic E-state index is 9.66. The van der Waals surface area contributed by atoms with Crippen molar-refractivity contribution in [2.24, 2.45) is 0 Å². The molecule has 4 rings (SSSR count). The van der Waals surface area contributed by atoms with Crippen molar-refractivity contribution in [2.75, 3.05) is 30.4 Å². The number of hydrogen-bond donors (Lipinski definition) is 2. The SMILES string of the molecule is Nc1nc(Cl)c2c(n1)N(Cc1cc3c(nc1Br)CCO3)CC2CO. The van der Waals surface area contributed by atoms with Crippen LogP contribution in [0, 0.1) is 0 Å². The van der Waals surface area contributed by atoms with Gasteiger partial charge in [-0.2, -0.15) is 4.98 Å². The number of hydrogen-bond acceptors (Lipinski definition) is 7. The molecule has 0 saturated carbocycles. The number of halogens is 2. The van der Waals surface area contributed by atoms with E-state index in [4.69, 9.17) is 22.1 Å². The first-order valence-corrected chi connectivity index (χ1v) is 8.73. The number of aliphatic hydroxyl groups excluding tert-OH is 1. The van der Waals surface area contributed by atoms with E-state index in [0.29, 0.717) is 30.7 Å². The van der Waals surface area contributed by atoms with Gasteiger partial charge < -0.3 is 20.5 Å². The highest BCUT2D eigenvalue weighted by Gasteiger charge is 2.33. The minimum Gasteiger partial charge on any atom is -0.491 e. The van der Waals surface area contributed by atoms with Crippen molar-refractivity contribution in [3.63, 3.8) is 0 Å². The van der Waals surface area contributed by atoms with Crippen molar-refractivity contribution < 1.29 is 9.84 Å². The number of nitrogen functional groups attached to an aromatic ring is 1. The molecule has 126 valence electrons. The monoisotopic (exact) mass is 411 g/mol. The normalized spacial score (nSPS) is 18.5. The molecule has 0 aliphatic carbocycles. The third-order valence-corrected chi connectivity index (χ3v) is 5.29. The van der Waals surface area contributed by atoms with Gasteiger partial charge in [-0.1, -0.05) is 11.6 Å². The number of nitrogens with two attached hydrogens (primary N) is 1. The number of aromatic nitrogens is 3. The van der Waals surface area contributed by atoms with E-state index >= 15 is 0 Å². The molecule has 1 unspecified atom stereocenters. The van der Waals surface area contributed by atoms with Crippen LogP contribution in [0.4, 0.5) is 11.8 Å². The molecule has 2 aromatic rings. The molecule has 0 saturated heterocycles. The molecule has 1 atom stereocenters. The minimum atomic E-state index is -0.134. The van der Waals surface area contributed by atoms with E-state index in [9.17, 15) is 5.11 Å². The fourth-order valence-corrected chi connectivity index (χ4v) is 3.98. The van der Waals surface area contributed by atoms with Crippen LogP contribution in [0.2, 0.25) is 5.15 Å². The summed E-state index contributed by atoms with van der Waals surface area (Å²) >= 11 is 9.75. The fourth-order valence-electron chi connectivity index (χ4n) is 3.20. The highest BCUT2D eigenvalue weighted by molar-refractivity contribution is 9.10. The van der Waals surface area contributed by atoms with Crippen molar-refractivity contribution in [3.05, 3.63) is 32.6 Å². The van der Waals surface area contributed by atoms with E-state index in [1.54, 1.807) is 0 Å². The van der Waals surface area contributed by atoms with Crippen LogP contribution in [0.1, 0.15) is 22.7 Å². The van der Waals surface area contributed by atoms with E-state index in [1.165, 1.54) is 0 Å². The van der Waals surface area contributed by atoms with E-state index in [1.807, 2.05) is 11.0 Å². The molecule has 2 aliphatic rings. The summed E-state index contributed by atoms with van der Waals surface area (Å²) in [5.41, 5.74) is 8.43. The second-order valence-corrected chi connectivity index (χ2v) is 6.96. The highest BCUT2D eigenvalue weighted by atomic mass is 79.9. The molecule has 3 N–H and O–H groups in total. The number of anilines is 2. The first-order valence-electron chi connectivity index (χ1n) is 7.56. The van der Waals surface area contributed by atoms with Crippen molar-refractivity contribution >= 4 is 39.3 Å². The van der Waals surface area contributed by atoms with Gasteiger partial charge in [0.2, 0.25) is 5.95 Å². The fraction of sp³-hybridized carbons (Fsp3) is 0.400. The third-order valence-electron chi connectivity index (χ3n) is 4.31. The first kappa shape index (κ1) is 15.9. The molecule has 0 bridgehead atoms. The predicted molar refractivity (Wildman–Crippen MR) is 93.5 cm³/mol. The largest absolute Gasteiger partial charge is 0.491 e. The van der Waals surface area contributed by atoms with Gasteiger partial charge in [0, 0.05) is 36.6 Å². The van der Waals surface area contributed by atoms with Crippen molar-refractivity contribution in [2.45, 2.75) is 18.9 Å². The summed E-state index contributed by atoms with van der Waals surface area (Å²) in [7, 11) is 0. The average molecular weight is 413 g/mol. The maximum Gasteiger partial charge on any atom is 0.223 e. The minimum absolute atomic E-state index is 0.0246. The van der Waals surface area contributed by atoms with Crippen LogP contribution in [0.15, 0.2) is 10.7 Å². The molecule has 24 heavy (non-hydrogen) atoms. The predicted octanol–water partition coefficient (Wildman–Crippen LogP) is 1.90. The van der Waals surface area contributed by atoms with Gasteiger partial charge in [-0.05, 0) is 22.0 Å². The molecule has 2 aliphatic heterocycles. The lowest BCUT2D eigenvalue weighted by atomic mass is 10.1. The summed E-state index contributed by atoms with van der Waals surface area (Å²) < 4.78 is 6.39. The van der Waals surface area contributed by atoms with Crippen LogP contribution in [-0.4, -0.2) is 39.8 Å². The Labute approximate surface area is 152 Å². The molecule has 0 aromatic carbocycles. The third kappa shape index (κ3) is 2.58. The molecule has 9 heteroatoms. The van der Waals surface area contributed by atoms with Gasteiger partial charge in [-0.15, -0.1) is 0 Å². The maximum absolute atomic E-state index is 9.66. The van der Waals surface area contributed by atoms with Crippen LogP contribution in [0.3, 0.4) is 0 Å². The molecule has 2 aromatic heterocycles. The van der Waals surface area contributed by atoms with Gasteiger partial charge in [0.05, 0.1) is 18.9 Å². The van der Waals surface area contributed by atoms with Gasteiger partial charge in [0.1, 0.15) is 21.3 Å². The zero-order valence-corrected chi connectivity index (χ0v) is 15.0. The Balaban J connectivity index is 1.70. The van der Waals surface area contributed by atoms with Crippen LogP contribution in [0.5, 0.6) is 5.75 Å². The van der Waals surface area contributed by atoms with Crippen LogP contribution in [-0.2, 0) is 13.0 Å². The molecule has 0 radical (unpaired) electrons. The van der Waals surface area contributed by atoms with E-state index in [2.05, 4.69) is 30.9 Å². The number of rotatable bonds is 3. The van der Waals surface area contributed by atoms with E-state index < -0.39 is 0 Å². The van der Waals surface area contributed by atoms with Gasteiger partial charge >= 0.3 is 0 Å². The summed E-state index contributed by atoms with van der Waals surface area (Å²) in [6, 6.07) is 2.00. The molecular weight excluding hydrogens is 398 g/mol. The Bertz CT molecular complexity index is 819. The molecule has 4 heterocycles. The summed E-state index contributed by atoms with van der Waals surface area (Å²) in [5.74, 6) is 1.48. The number of pyridine rings is 1. The Morgan fingerprint density at radius 3 is 3.04 bits per heavy atom. The summed E-state index contributed by atoms with van der Waals surface area (Å²) in [6.45, 7) is 1.79. The van der Waals surface area contributed by atoms with E-state index in [0.717, 1.165) is 33.6 Å². The summed E-state index contributed by atoms with van der Waals surface area (Å²) in [6.07, 6.45) is 0.826. The Kier molecular flexibility index (Phi) is 3.98. The standard InChI is InChI=1S/C15H15BrClN5O2/c16-12-7(3-10-9(19-12)1-2-24-10)4-22-5-8(6-23)11-13(17)20-15(18)21-14(11)22/h3,8,23H,1-2,4-6H2,(H2,18,20,21). The lowest BCUT2D eigenvalue weighted by Crippen LogP contribution is -2.23. The summed E-state index contributed by atoms with van der Waals surface area (Å²) in [5, 5.41) is 9.96.